The molecule has 0 atom stereocenters. The SMILES string of the molecule is CCOc1cc(/C=C(\C#N)C(=O)Nc2cc(C)ccc2C)cc(I)c1OCc1ccccc1Br. The smallest absolute Gasteiger partial charge is 0.266 e. The molecule has 1 N–H and O–H groups in total. The van der Waals surface area contributed by atoms with Gasteiger partial charge in [0.2, 0.25) is 0 Å². The van der Waals surface area contributed by atoms with E-state index in [1.807, 2.05) is 75.4 Å². The third-order valence-electron chi connectivity index (χ3n) is 4.98. The summed E-state index contributed by atoms with van der Waals surface area (Å²) in [6, 6.07) is 19.3. The highest BCUT2D eigenvalue weighted by Crippen LogP contribution is 2.36. The predicted octanol–water partition coefficient (Wildman–Crippen LogP) is 7.19. The Morgan fingerprint density at radius 3 is 2.62 bits per heavy atom. The van der Waals surface area contributed by atoms with E-state index >= 15 is 0 Å². The molecule has 5 nitrogen and oxygen atoms in total. The fourth-order valence-corrected chi connectivity index (χ4v) is 4.40. The summed E-state index contributed by atoms with van der Waals surface area (Å²) in [5.41, 5.74) is 4.33. The standard InChI is InChI=1S/C27H24BrIN2O3/c1-4-33-25-14-19(13-23(29)26(25)34-16-20-7-5-6-8-22(20)28)12-21(15-30)27(32)31-24-11-17(2)9-10-18(24)3/h5-14H,4,16H2,1-3H3,(H,31,32)/b21-12+. The van der Waals surface area contributed by atoms with E-state index in [4.69, 9.17) is 9.47 Å². The first-order valence-corrected chi connectivity index (χ1v) is 12.5. The second-order valence-corrected chi connectivity index (χ2v) is 9.60. The Balaban J connectivity index is 1.87. The van der Waals surface area contributed by atoms with Crippen LogP contribution in [0.3, 0.4) is 0 Å². The average Bonchev–Trinajstić information content (AvgIpc) is 2.80. The summed E-state index contributed by atoms with van der Waals surface area (Å²) in [6.45, 7) is 6.58. The maximum atomic E-state index is 12.8. The molecule has 0 bridgehead atoms. The van der Waals surface area contributed by atoms with E-state index in [1.54, 1.807) is 12.1 Å². The summed E-state index contributed by atoms with van der Waals surface area (Å²) < 4.78 is 13.7. The third kappa shape index (κ3) is 6.61. The number of carbonyl (C=O) groups is 1. The minimum atomic E-state index is -0.460. The van der Waals surface area contributed by atoms with Crippen molar-refractivity contribution < 1.29 is 14.3 Å². The highest BCUT2D eigenvalue weighted by atomic mass is 127. The fraction of sp³-hybridized carbons (Fsp3) is 0.185. The lowest BCUT2D eigenvalue weighted by molar-refractivity contribution is -0.112. The molecule has 3 aromatic carbocycles. The van der Waals surface area contributed by atoms with Crippen LogP contribution in [0.25, 0.3) is 6.08 Å². The van der Waals surface area contributed by atoms with Crippen LogP contribution in [0.1, 0.15) is 29.2 Å². The van der Waals surface area contributed by atoms with E-state index in [1.165, 1.54) is 0 Å². The van der Waals surface area contributed by atoms with Gasteiger partial charge >= 0.3 is 0 Å². The van der Waals surface area contributed by atoms with Crippen molar-refractivity contribution in [3.63, 3.8) is 0 Å². The molecule has 0 saturated heterocycles. The van der Waals surface area contributed by atoms with Crippen molar-refractivity contribution in [1.29, 1.82) is 5.26 Å². The van der Waals surface area contributed by atoms with E-state index in [9.17, 15) is 10.1 Å². The van der Waals surface area contributed by atoms with Crippen LogP contribution in [-0.4, -0.2) is 12.5 Å². The van der Waals surface area contributed by atoms with Gasteiger partial charge in [0, 0.05) is 15.7 Å². The van der Waals surface area contributed by atoms with Gasteiger partial charge in [-0.15, -0.1) is 0 Å². The Labute approximate surface area is 222 Å². The van der Waals surface area contributed by atoms with Crippen LogP contribution < -0.4 is 14.8 Å². The molecule has 0 fully saturated rings. The first-order chi connectivity index (χ1) is 16.3. The van der Waals surface area contributed by atoms with E-state index < -0.39 is 5.91 Å². The summed E-state index contributed by atoms with van der Waals surface area (Å²) in [7, 11) is 0. The van der Waals surface area contributed by atoms with Crippen LogP contribution in [0.2, 0.25) is 0 Å². The summed E-state index contributed by atoms with van der Waals surface area (Å²) in [4.78, 5) is 12.8. The molecule has 0 aliphatic heterocycles. The highest BCUT2D eigenvalue weighted by Gasteiger charge is 2.15. The normalized spacial score (nSPS) is 11.0. The number of nitrogens with zero attached hydrogens (tertiary/aromatic N) is 1. The number of amides is 1. The number of rotatable bonds is 8. The van der Waals surface area contributed by atoms with Crippen molar-refractivity contribution in [2.45, 2.75) is 27.4 Å². The number of ether oxygens (including phenoxy) is 2. The number of halogens is 2. The van der Waals surface area contributed by atoms with Gasteiger partial charge in [-0.05, 0) is 90.4 Å². The van der Waals surface area contributed by atoms with Gasteiger partial charge in [0.15, 0.2) is 11.5 Å². The molecule has 0 aromatic heterocycles. The second-order valence-electron chi connectivity index (χ2n) is 7.59. The van der Waals surface area contributed by atoms with Gasteiger partial charge in [0.25, 0.3) is 5.91 Å². The molecule has 0 heterocycles. The van der Waals surface area contributed by atoms with Crippen LogP contribution in [0.4, 0.5) is 5.69 Å². The van der Waals surface area contributed by atoms with Gasteiger partial charge < -0.3 is 14.8 Å². The van der Waals surface area contributed by atoms with Crippen molar-refractivity contribution in [2.24, 2.45) is 0 Å². The summed E-state index contributed by atoms with van der Waals surface area (Å²) in [5, 5.41) is 12.5. The largest absolute Gasteiger partial charge is 0.490 e. The molecule has 1 amide bonds. The van der Waals surface area contributed by atoms with E-state index in [0.29, 0.717) is 36.0 Å². The van der Waals surface area contributed by atoms with E-state index in [-0.39, 0.29) is 5.57 Å². The zero-order chi connectivity index (χ0) is 24.7. The number of aryl methyl sites for hydroxylation is 2. The van der Waals surface area contributed by atoms with Crippen LogP contribution in [0.15, 0.2) is 64.6 Å². The average molecular weight is 631 g/mol. The number of anilines is 1. The molecule has 7 heteroatoms. The molecule has 34 heavy (non-hydrogen) atoms. The van der Waals surface area contributed by atoms with Gasteiger partial charge in [-0.25, -0.2) is 0 Å². The number of carbonyl (C=O) groups excluding carboxylic acids is 1. The maximum Gasteiger partial charge on any atom is 0.266 e. The molecule has 0 aliphatic carbocycles. The molecule has 0 radical (unpaired) electrons. The van der Waals surface area contributed by atoms with Crippen molar-refractivity contribution in [3.8, 4) is 17.6 Å². The quantitative estimate of drug-likeness (QED) is 0.162. The highest BCUT2D eigenvalue weighted by molar-refractivity contribution is 14.1. The predicted molar refractivity (Wildman–Crippen MR) is 147 cm³/mol. The van der Waals surface area contributed by atoms with Gasteiger partial charge in [-0.1, -0.05) is 46.3 Å². The van der Waals surface area contributed by atoms with E-state index in [2.05, 4.69) is 43.8 Å². The fourth-order valence-electron chi connectivity index (χ4n) is 3.22. The van der Waals surface area contributed by atoms with Crippen LogP contribution in [-0.2, 0) is 11.4 Å². The van der Waals surface area contributed by atoms with Crippen molar-refractivity contribution in [3.05, 3.63) is 90.5 Å². The molecular weight excluding hydrogens is 607 g/mol. The molecular formula is C27H24BrIN2O3. The Hall–Kier alpha value is -2.83. The zero-order valence-corrected chi connectivity index (χ0v) is 22.9. The van der Waals surface area contributed by atoms with Gasteiger partial charge in [-0.2, -0.15) is 5.26 Å². The second kappa shape index (κ2) is 12.0. The molecule has 3 aromatic rings. The van der Waals surface area contributed by atoms with Crippen LogP contribution >= 0.6 is 38.5 Å². The number of nitriles is 1. The van der Waals surface area contributed by atoms with Crippen LogP contribution in [0, 0.1) is 28.7 Å². The van der Waals surface area contributed by atoms with Crippen molar-refractivity contribution in [1.82, 2.24) is 0 Å². The molecule has 3 rings (SSSR count). The number of hydrogen-bond acceptors (Lipinski definition) is 4. The first kappa shape index (κ1) is 25.8. The lowest BCUT2D eigenvalue weighted by Crippen LogP contribution is -2.14. The molecule has 174 valence electrons. The minimum absolute atomic E-state index is 0.000962. The monoisotopic (exact) mass is 630 g/mol. The summed E-state index contributed by atoms with van der Waals surface area (Å²) in [6.07, 6.45) is 1.56. The van der Waals surface area contributed by atoms with Crippen molar-refractivity contribution >= 4 is 56.2 Å². The van der Waals surface area contributed by atoms with E-state index in [0.717, 1.165) is 24.7 Å². The molecule has 0 aliphatic rings. The minimum Gasteiger partial charge on any atom is -0.490 e. The summed E-state index contributed by atoms with van der Waals surface area (Å²) >= 11 is 5.72. The van der Waals surface area contributed by atoms with Gasteiger partial charge in [0.05, 0.1) is 10.2 Å². The van der Waals surface area contributed by atoms with Crippen molar-refractivity contribution in [2.75, 3.05) is 11.9 Å². The number of nitrogens with one attached hydrogen (secondary N) is 1. The Kier molecular flexibility index (Phi) is 9.13. The van der Waals surface area contributed by atoms with Gasteiger partial charge in [0.1, 0.15) is 18.2 Å². The first-order valence-electron chi connectivity index (χ1n) is 10.6. The third-order valence-corrected chi connectivity index (χ3v) is 6.55. The molecule has 0 spiro atoms. The summed E-state index contributed by atoms with van der Waals surface area (Å²) in [5.74, 6) is 0.715. The van der Waals surface area contributed by atoms with Gasteiger partial charge in [-0.3, -0.25) is 4.79 Å². The number of hydrogen-bond donors (Lipinski definition) is 1. The molecule has 0 unspecified atom stereocenters. The number of benzene rings is 3. The Morgan fingerprint density at radius 1 is 1.15 bits per heavy atom. The lowest BCUT2D eigenvalue weighted by Gasteiger charge is -2.15. The zero-order valence-electron chi connectivity index (χ0n) is 19.1. The topological polar surface area (TPSA) is 71.3 Å². The molecule has 0 saturated carbocycles. The Bertz CT molecular complexity index is 1280. The lowest BCUT2D eigenvalue weighted by atomic mass is 10.1. The Morgan fingerprint density at radius 2 is 1.91 bits per heavy atom. The van der Waals surface area contributed by atoms with Crippen LogP contribution in [0.5, 0.6) is 11.5 Å². The maximum absolute atomic E-state index is 12.8.